The van der Waals surface area contributed by atoms with Crippen molar-refractivity contribution >= 4 is 29.1 Å². The van der Waals surface area contributed by atoms with E-state index in [1.165, 1.54) is 14.2 Å². The number of likely N-dealkylation sites (tertiary alicyclic amines) is 1. The molecule has 0 N–H and O–H groups in total. The normalized spacial score (nSPS) is 20.9. The molecule has 0 aliphatic carbocycles. The second kappa shape index (κ2) is 6.78. The van der Waals surface area contributed by atoms with Crippen molar-refractivity contribution in [2.75, 3.05) is 25.7 Å². The molecule has 0 unspecified atom stereocenters. The van der Waals surface area contributed by atoms with Crippen molar-refractivity contribution in [2.24, 2.45) is 0 Å². The quantitative estimate of drug-likeness (QED) is 0.810. The molecule has 2 aromatic carbocycles. The lowest BCUT2D eigenvalue weighted by Gasteiger charge is -2.34. The summed E-state index contributed by atoms with van der Waals surface area (Å²) in [4.78, 5) is 29.3. The van der Waals surface area contributed by atoms with Gasteiger partial charge in [-0.05, 0) is 30.7 Å². The van der Waals surface area contributed by atoms with E-state index in [9.17, 15) is 9.59 Å². The second-order valence-electron chi connectivity index (χ2n) is 6.62. The molecule has 0 radical (unpaired) electrons. The third-order valence-electron chi connectivity index (χ3n) is 5.14. The average Bonchev–Trinajstić information content (AvgIpc) is 3.26. The van der Waals surface area contributed by atoms with Crippen LogP contribution < -0.4 is 14.4 Å². The number of ether oxygens (including phenoxy) is 2. The molecule has 6 nitrogen and oxygen atoms in total. The van der Waals surface area contributed by atoms with Gasteiger partial charge in [0.1, 0.15) is 17.5 Å². The van der Waals surface area contributed by atoms with Gasteiger partial charge in [0, 0.05) is 18.2 Å². The third-order valence-corrected chi connectivity index (χ3v) is 5.46. The predicted molar refractivity (Wildman–Crippen MR) is 102 cm³/mol. The highest BCUT2D eigenvalue weighted by atomic mass is 35.5. The number of carbonyl (C=O) groups excluding carboxylic acids is 2. The van der Waals surface area contributed by atoms with Gasteiger partial charge in [0.15, 0.2) is 0 Å². The molecule has 0 spiro atoms. The molecule has 7 heteroatoms. The summed E-state index contributed by atoms with van der Waals surface area (Å²) >= 11 is 6.27. The minimum atomic E-state index is -0.476. The van der Waals surface area contributed by atoms with Gasteiger partial charge in [-0.2, -0.15) is 0 Å². The zero-order valence-corrected chi connectivity index (χ0v) is 15.8. The Balaban J connectivity index is 1.60. The summed E-state index contributed by atoms with van der Waals surface area (Å²) in [5, 5.41) is 0.536. The summed E-state index contributed by atoms with van der Waals surface area (Å²) in [6, 6.07) is 11.8. The molecule has 2 heterocycles. The summed E-state index contributed by atoms with van der Waals surface area (Å²) in [5.41, 5.74) is 1.14. The molecule has 2 amide bonds. The van der Waals surface area contributed by atoms with Crippen LogP contribution in [0.2, 0.25) is 5.02 Å². The van der Waals surface area contributed by atoms with Gasteiger partial charge in [-0.3, -0.25) is 9.59 Å². The van der Waals surface area contributed by atoms with Crippen LogP contribution in [0, 0.1) is 0 Å². The van der Waals surface area contributed by atoms with E-state index in [1.807, 2.05) is 18.2 Å². The van der Waals surface area contributed by atoms with E-state index in [4.69, 9.17) is 21.1 Å². The Morgan fingerprint density at radius 2 is 1.78 bits per heavy atom. The van der Waals surface area contributed by atoms with Crippen LogP contribution in [0.3, 0.4) is 0 Å². The van der Waals surface area contributed by atoms with Crippen LogP contribution >= 0.6 is 11.6 Å². The molecular weight excluding hydrogens is 368 g/mol. The number of amides is 2. The van der Waals surface area contributed by atoms with Crippen LogP contribution in [0.15, 0.2) is 42.5 Å². The molecule has 2 aliphatic rings. The van der Waals surface area contributed by atoms with Crippen LogP contribution in [0.4, 0.5) is 5.69 Å². The number of para-hydroxylation sites is 1. The number of halogens is 1. The number of anilines is 1. The van der Waals surface area contributed by atoms with E-state index in [0.717, 1.165) is 0 Å². The van der Waals surface area contributed by atoms with Gasteiger partial charge in [-0.15, -0.1) is 0 Å². The van der Waals surface area contributed by atoms with E-state index in [0.29, 0.717) is 40.7 Å². The van der Waals surface area contributed by atoms with Crippen molar-refractivity contribution in [1.82, 2.24) is 4.90 Å². The summed E-state index contributed by atoms with van der Waals surface area (Å²) in [7, 11) is 3.07. The molecule has 2 aliphatic heterocycles. The molecule has 2 atom stereocenters. The van der Waals surface area contributed by atoms with Crippen LogP contribution in [0.25, 0.3) is 0 Å². The zero-order valence-electron chi connectivity index (χ0n) is 15.0. The Bertz CT molecular complexity index is 894. The monoisotopic (exact) mass is 386 g/mol. The fraction of sp³-hybridized carbons (Fsp3) is 0.300. The molecule has 0 saturated carbocycles. The van der Waals surface area contributed by atoms with E-state index in [2.05, 4.69) is 0 Å². The number of nitrogens with zero attached hydrogens (tertiary/aromatic N) is 2. The topological polar surface area (TPSA) is 59.1 Å². The Hall–Kier alpha value is -2.73. The number of rotatable bonds is 4. The van der Waals surface area contributed by atoms with Gasteiger partial charge in [0.05, 0.1) is 31.0 Å². The third kappa shape index (κ3) is 2.90. The lowest BCUT2D eigenvalue weighted by molar-refractivity contribution is -0.121. The molecule has 27 heavy (non-hydrogen) atoms. The number of fused-ring (bicyclic) bond motifs is 2. The number of hydrogen-bond donors (Lipinski definition) is 0. The SMILES string of the molecule is COc1cc(OC)cc(C(=O)N2C[C@@H]3C[C@H]2C(=O)N3c2ccccc2Cl)c1. The van der Waals surface area contributed by atoms with Crippen molar-refractivity contribution in [3.63, 3.8) is 0 Å². The molecule has 0 aromatic heterocycles. The molecule has 2 saturated heterocycles. The first-order valence-electron chi connectivity index (χ1n) is 8.65. The fourth-order valence-electron chi connectivity index (χ4n) is 3.86. The van der Waals surface area contributed by atoms with Crippen molar-refractivity contribution < 1.29 is 19.1 Å². The molecule has 2 aromatic rings. The minimum absolute atomic E-state index is 0.0705. The van der Waals surface area contributed by atoms with Crippen LogP contribution in [0.5, 0.6) is 11.5 Å². The van der Waals surface area contributed by atoms with Crippen molar-refractivity contribution in [3.8, 4) is 11.5 Å². The average molecular weight is 387 g/mol. The highest BCUT2D eigenvalue weighted by molar-refractivity contribution is 6.34. The number of carbonyl (C=O) groups is 2. The zero-order chi connectivity index (χ0) is 19.1. The molecule has 2 fully saturated rings. The summed E-state index contributed by atoms with van der Waals surface area (Å²) in [6.45, 7) is 0.472. The highest BCUT2D eigenvalue weighted by Crippen LogP contribution is 2.39. The number of benzene rings is 2. The van der Waals surface area contributed by atoms with Gasteiger partial charge in [-0.25, -0.2) is 0 Å². The lowest BCUT2D eigenvalue weighted by atomic mass is 10.1. The van der Waals surface area contributed by atoms with Crippen LogP contribution in [-0.4, -0.2) is 49.6 Å². The van der Waals surface area contributed by atoms with E-state index < -0.39 is 6.04 Å². The standard InChI is InChI=1S/C20H19ClN2O4/c1-26-14-7-12(8-15(10-14)27-2)19(24)22-11-13-9-18(22)20(25)23(13)17-6-4-3-5-16(17)21/h3-8,10,13,18H,9,11H2,1-2H3/t13-,18-/m0/s1. The predicted octanol–water partition coefficient (Wildman–Crippen LogP) is 2.99. The Kier molecular flexibility index (Phi) is 4.44. The van der Waals surface area contributed by atoms with Crippen molar-refractivity contribution in [1.29, 1.82) is 0 Å². The van der Waals surface area contributed by atoms with Crippen LogP contribution in [-0.2, 0) is 4.79 Å². The molecule has 2 bridgehead atoms. The van der Waals surface area contributed by atoms with E-state index in [-0.39, 0.29) is 17.9 Å². The number of piperazine rings is 1. The van der Waals surface area contributed by atoms with Crippen LogP contribution in [0.1, 0.15) is 16.8 Å². The van der Waals surface area contributed by atoms with Crippen molar-refractivity contribution in [2.45, 2.75) is 18.5 Å². The summed E-state index contributed by atoms with van der Waals surface area (Å²) in [6.07, 6.45) is 0.608. The maximum Gasteiger partial charge on any atom is 0.254 e. The first kappa shape index (κ1) is 17.7. The first-order chi connectivity index (χ1) is 13.0. The maximum atomic E-state index is 13.0. The molecule has 140 valence electrons. The van der Waals surface area contributed by atoms with Gasteiger partial charge < -0.3 is 19.3 Å². The lowest BCUT2D eigenvalue weighted by Crippen LogP contribution is -2.52. The van der Waals surface area contributed by atoms with Crippen molar-refractivity contribution in [3.05, 3.63) is 53.1 Å². The fourth-order valence-corrected chi connectivity index (χ4v) is 4.09. The Morgan fingerprint density at radius 3 is 2.37 bits per heavy atom. The Morgan fingerprint density at radius 1 is 1.11 bits per heavy atom. The first-order valence-corrected chi connectivity index (χ1v) is 9.03. The summed E-state index contributed by atoms with van der Waals surface area (Å²) < 4.78 is 10.5. The minimum Gasteiger partial charge on any atom is -0.497 e. The summed E-state index contributed by atoms with van der Waals surface area (Å²) in [5.74, 6) is 0.770. The van der Waals surface area contributed by atoms with Gasteiger partial charge in [0.25, 0.3) is 5.91 Å². The number of methoxy groups -OCH3 is 2. The molecule has 4 rings (SSSR count). The van der Waals surface area contributed by atoms with Gasteiger partial charge in [-0.1, -0.05) is 23.7 Å². The number of hydrogen-bond acceptors (Lipinski definition) is 4. The largest absolute Gasteiger partial charge is 0.497 e. The molecular formula is C20H19ClN2O4. The smallest absolute Gasteiger partial charge is 0.254 e. The van der Waals surface area contributed by atoms with Gasteiger partial charge in [0.2, 0.25) is 5.91 Å². The van der Waals surface area contributed by atoms with E-state index >= 15 is 0 Å². The van der Waals surface area contributed by atoms with Gasteiger partial charge >= 0.3 is 0 Å². The maximum absolute atomic E-state index is 13.0. The highest BCUT2D eigenvalue weighted by Gasteiger charge is 2.52. The second-order valence-corrected chi connectivity index (χ2v) is 7.03. The Labute approximate surface area is 162 Å². The van der Waals surface area contributed by atoms with E-state index in [1.54, 1.807) is 34.1 Å².